The molecule has 8 heteroatoms. The largest absolute Gasteiger partial charge is 0.378 e. The lowest BCUT2D eigenvalue weighted by molar-refractivity contribution is -0.122. The molecule has 0 bridgehead atoms. The Hall–Kier alpha value is -3.13. The van der Waals surface area contributed by atoms with Gasteiger partial charge in [0.1, 0.15) is 5.82 Å². The summed E-state index contributed by atoms with van der Waals surface area (Å²) in [7, 11) is 3.82. The molecule has 1 heterocycles. The zero-order valence-electron chi connectivity index (χ0n) is 16.0. The first-order chi connectivity index (χ1) is 13.9. The highest BCUT2D eigenvalue weighted by Crippen LogP contribution is 2.32. The van der Waals surface area contributed by atoms with Gasteiger partial charge in [-0.2, -0.15) is 0 Å². The highest BCUT2D eigenvalue weighted by Gasteiger charge is 2.34. The summed E-state index contributed by atoms with van der Waals surface area (Å²) >= 11 is 0.759. The van der Waals surface area contributed by atoms with Crippen LogP contribution in [-0.2, 0) is 4.79 Å². The van der Waals surface area contributed by atoms with Crippen LogP contribution in [-0.4, -0.2) is 49.1 Å². The summed E-state index contributed by atoms with van der Waals surface area (Å²) in [6, 6.07) is 13.1. The number of hydrogen-bond acceptors (Lipinski definition) is 5. The summed E-state index contributed by atoms with van der Waals surface area (Å²) in [5.41, 5.74) is 1.71. The molecular weight excluding hydrogens is 393 g/mol. The van der Waals surface area contributed by atoms with Gasteiger partial charge in [0.2, 0.25) is 0 Å². The molecule has 29 heavy (non-hydrogen) atoms. The van der Waals surface area contributed by atoms with E-state index >= 15 is 0 Å². The average molecular weight is 413 g/mol. The van der Waals surface area contributed by atoms with Crippen molar-refractivity contribution in [2.24, 2.45) is 0 Å². The molecule has 2 aromatic rings. The zero-order valence-corrected chi connectivity index (χ0v) is 16.8. The van der Waals surface area contributed by atoms with E-state index in [4.69, 9.17) is 0 Å². The molecule has 3 rings (SSSR count). The zero-order chi connectivity index (χ0) is 21.0. The van der Waals surface area contributed by atoms with Gasteiger partial charge in [-0.3, -0.25) is 19.3 Å². The lowest BCUT2D eigenvalue weighted by Gasteiger charge is -2.14. The van der Waals surface area contributed by atoms with E-state index in [2.05, 4.69) is 5.32 Å². The third-order valence-electron chi connectivity index (χ3n) is 4.33. The van der Waals surface area contributed by atoms with Crippen LogP contribution in [0.25, 0.3) is 6.08 Å². The number of imide groups is 1. The minimum absolute atomic E-state index is 0.0425. The summed E-state index contributed by atoms with van der Waals surface area (Å²) < 4.78 is 13.8. The molecule has 0 aliphatic carbocycles. The molecule has 0 unspecified atom stereocenters. The van der Waals surface area contributed by atoms with Gasteiger partial charge in [0.25, 0.3) is 17.1 Å². The number of nitrogens with zero attached hydrogens (tertiary/aromatic N) is 2. The third-order valence-corrected chi connectivity index (χ3v) is 5.24. The molecule has 0 spiro atoms. The normalized spacial score (nSPS) is 15.1. The minimum Gasteiger partial charge on any atom is -0.378 e. The maximum absolute atomic E-state index is 13.8. The number of halogens is 1. The molecular formula is C21H20FN3O3S. The second kappa shape index (κ2) is 8.91. The van der Waals surface area contributed by atoms with Crippen molar-refractivity contribution in [2.75, 3.05) is 32.1 Å². The number of amides is 3. The lowest BCUT2D eigenvalue weighted by atomic mass is 10.2. The fourth-order valence-corrected chi connectivity index (χ4v) is 3.58. The maximum Gasteiger partial charge on any atom is 0.293 e. The SMILES string of the molecule is CN(C)c1ccc(C(=O)NCCN2C(=O)S/C(=C\c3ccccc3F)C2=O)cc1. The number of carbonyl (C=O) groups is 3. The monoisotopic (exact) mass is 413 g/mol. The van der Waals surface area contributed by atoms with Gasteiger partial charge in [-0.05, 0) is 48.2 Å². The van der Waals surface area contributed by atoms with Crippen molar-refractivity contribution in [2.45, 2.75) is 0 Å². The second-order valence-corrected chi connectivity index (χ2v) is 7.55. The van der Waals surface area contributed by atoms with Crippen LogP contribution >= 0.6 is 11.8 Å². The van der Waals surface area contributed by atoms with E-state index in [1.54, 1.807) is 24.3 Å². The number of benzene rings is 2. The molecule has 1 fully saturated rings. The standard InChI is InChI=1S/C21H20FN3O3S/c1-24(2)16-9-7-14(8-10-16)19(26)23-11-12-25-20(27)18(29-21(25)28)13-15-5-3-4-6-17(15)22/h3-10,13H,11-12H2,1-2H3,(H,23,26)/b18-13-. The van der Waals surface area contributed by atoms with Crippen LogP contribution < -0.4 is 10.2 Å². The maximum atomic E-state index is 13.8. The molecule has 0 aromatic heterocycles. The Bertz CT molecular complexity index is 973. The van der Waals surface area contributed by atoms with Gasteiger partial charge in [0.15, 0.2) is 0 Å². The molecule has 0 radical (unpaired) electrons. The smallest absolute Gasteiger partial charge is 0.293 e. The summed E-state index contributed by atoms with van der Waals surface area (Å²) in [4.78, 5) is 40.0. The van der Waals surface area contributed by atoms with Crippen molar-refractivity contribution in [3.05, 3.63) is 70.4 Å². The van der Waals surface area contributed by atoms with E-state index in [0.29, 0.717) is 5.56 Å². The molecule has 1 saturated heterocycles. The first-order valence-electron chi connectivity index (χ1n) is 8.92. The van der Waals surface area contributed by atoms with E-state index in [-0.39, 0.29) is 29.5 Å². The van der Waals surface area contributed by atoms with Crippen molar-refractivity contribution in [3.63, 3.8) is 0 Å². The third kappa shape index (κ3) is 4.83. The van der Waals surface area contributed by atoms with Crippen LogP contribution in [0.2, 0.25) is 0 Å². The summed E-state index contributed by atoms with van der Waals surface area (Å²) in [6.45, 7) is 0.167. The number of nitrogens with one attached hydrogen (secondary N) is 1. The van der Waals surface area contributed by atoms with Crippen molar-refractivity contribution < 1.29 is 18.8 Å². The van der Waals surface area contributed by atoms with E-state index in [1.165, 1.54) is 18.2 Å². The summed E-state index contributed by atoms with van der Waals surface area (Å²) in [5, 5.41) is 2.26. The van der Waals surface area contributed by atoms with Crippen LogP contribution in [0, 0.1) is 5.82 Å². The molecule has 1 aliphatic rings. The van der Waals surface area contributed by atoms with Crippen LogP contribution in [0.5, 0.6) is 0 Å². The Kier molecular flexibility index (Phi) is 6.33. The van der Waals surface area contributed by atoms with Crippen molar-refractivity contribution >= 4 is 40.6 Å². The average Bonchev–Trinajstić information content (AvgIpc) is 2.97. The second-order valence-electron chi connectivity index (χ2n) is 6.55. The van der Waals surface area contributed by atoms with Crippen molar-refractivity contribution in [1.82, 2.24) is 10.2 Å². The first kappa shape index (κ1) is 20.6. The van der Waals surface area contributed by atoms with Crippen LogP contribution in [0.4, 0.5) is 14.9 Å². The fraction of sp³-hybridized carbons (Fsp3) is 0.190. The minimum atomic E-state index is -0.493. The molecule has 6 nitrogen and oxygen atoms in total. The van der Waals surface area contributed by atoms with Crippen LogP contribution in [0.15, 0.2) is 53.4 Å². The van der Waals surface area contributed by atoms with Gasteiger partial charge in [-0.25, -0.2) is 4.39 Å². The summed E-state index contributed by atoms with van der Waals surface area (Å²) in [6.07, 6.45) is 1.37. The fourth-order valence-electron chi connectivity index (χ4n) is 2.72. The molecule has 1 aliphatic heterocycles. The van der Waals surface area contributed by atoms with Crippen molar-refractivity contribution in [1.29, 1.82) is 0 Å². The van der Waals surface area contributed by atoms with Gasteiger partial charge >= 0.3 is 0 Å². The highest BCUT2D eigenvalue weighted by atomic mass is 32.2. The molecule has 0 saturated carbocycles. The molecule has 150 valence electrons. The molecule has 0 atom stereocenters. The van der Waals surface area contributed by atoms with Crippen molar-refractivity contribution in [3.8, 4) is 0 Å². The number of anilines is 1. The number of hydrogen-bond donors (Lipinski definition) is 1. The van der Waals surface area contributed by atoms with Gasteiger partial charge in [0.05, 0.1) is 4.91 Å². The lowest BCUT2D eigenvalue weighted by Crippen LogP contribution is -2.37. The topological polar surface area (TPSA) is 69.7 Å². The van der Waals surface area contributed by atoms with Gasteiger partial charge in [0, 0.05) is 44.0 Å². The Balaban J connectivity index is 1.58. The molecule has 3 amide bonds. The Morgan fingerprint density at radius 3 is 2.48 bits per heavy atom. The quantitative estimate of drug-likeness (QED) is 0.736. The molecule has 1 N–H and O–H groups in total. The Morgan fingerprint density at radius 1 is 1.14 bits per heavy atom. The highest BCUT2D eigenvalue weighted by molar-refractivity contribution is 8.18. The predicted octanol–water partition coefficient (Wildman–Crippen LogP) is 3.36. The van der Waals surface area contributed by atoms with E-state index in [1.807, 2.05) is 31.1 Å². The Labute approximate surface area is 172 Å². The van der Waals surface area contributed by atoms with E-state index in [9.17, 15) is 18.8 Å². The van der Waals surface area contributed by atoms with E-state index < -0.39 is 17.0 Å². The van der Waals surface area contributed by atoms with Gasteiger partial charge in [-0.15, -0.1) is 0 Å². The first-order valence-corrected chi connectivity index (χ1v) is 9.74. The van der Waals surface area contributed by atoms with Crippen LogP contribution in [0.1, 0.15) is 15.9 Å². The van der Waals surface area contributed by atoms with Crippen LogP contribution in [0.3, 0.4) is 0 Å². The Morgan fingerprint density at radius 2 is 1.83 bits per heavy atom. The van der Waals surface area contributed by atoms with Gasteiger partial charge in [-0.1, -0.05) is 18.2 Å². The van der Waals surface area contributed by atoms with Gasteiger partial charge < -0.3 is 10.2 Å². The predicted molar refractivity (Wildman–Crippen MR) is 112 cm³/mol. The summed E-state index contributed by atoms with van der Waals surface area (Å²) in [5.74, 6) is -1.25. The number of thioether (sulfide) groups is 1. The number of carbonyl (C=O) groups excluding carboxylic acids is 3. The molecule has 2 aromatic carbocycles. The van der Waals surface area contributed by atoms with E-state index in [0.717, 1.165) is 22.3 Å². The number of rotatable bonds is 6.